The van der Waals surface area contributed by atoms with Gasteiger partial charge >= 0.3 is 0 Å². The highest BCUT2D eigenvalue weighted by Gasteiger charge is 2.10. The molecule has 104 valence electrons. The van der Waals surface area contributed by atoms with Crippen molar-refractivity contribution in [1.82, 2.24) is 0 Å². The first-order chi connectivity index (χ1) is 10.1. The van der Waals surface area contributed by atoms with Crippen molar-refractivity contribution in [2.24, 2.45) is 0 Å². The van der Waals surface area contributed by atoms with Crippen LogP contribution in [0.2, 0.25) is 0 Å². The number of carbonyl (C=O) groups is 1. The Morgan fingerprint density at radius 3 is 2.57 bits per heavy atom. The first kappa shape index (κ1) is 14.0. The van der Waals surface area contributed by atoms with Crippen LogP contribution in [0.5, 0.6) is 0 Å². The molecule has 21 heavy (non-hydrogen) atoms. The van der Waals surface area contributed by atoms with E-state index in [1.807, 2.05) is 49.4 Å². The average Bonchev–Trinajstić information content (AvgIpc) is 2.50. The number of halogens is 1. The van der Waals surface area contributed by atoms with Crippen LogP contribution < -0.4 is 0 Å². The van der Waals surface area contributed by atoms with Crippen LogP contribution in [-0.4, -0.2) is 5.78 Å². The van der Waals surface area contributed by atoms with Crippen LogP contribution in [0.25, 0.3) is 10.8 Å². The van der Waals surface area contributed by atoms with Gasteiger partial charge in [-0.05, 0) is 34.9 Å². The second-order valence-electron chi connectivity index (χ2n) is 5.20. The SMILES string of the molecule is Cc1ccc(C(=O)Cc2cccc3ccccc23)cc1Br. The number of hydrogen-bond acceptors (Lipinski definition) is 1. The van der Waals surface area contributed by atoms with Crippen LogP contribution >= 0.6 is 15.9 Å². The number of rotatable bonds is 3. The van der Waals surface area contributed by atoms with Crippen LogP contribution in [0.1, 0.15) is 21.5 Å². The molecule has 2 heteroatoms. The Bertz CT molecular complexity index is 815. The van der Waals surface area contributed by atoms with Gasteiger partial charge < -0.3 is 0 Å². The molecule has 0 bridgehead atoms. The molecule has 0 spiro atoms. The maximum atomic E-state index is 12.5. The maximum absolute atomic E-state index is 12.5. The number of benzene rings is 3. The van der Waals surface area contributed by atoms with Gasteiger partial charge in [0.2, 0.25) is 0 Å². The summed E-state index contributed by atoms with van der Waals surface area (Å²) in [5, 5.41) is 2.33. The summed E-state index contributed by atoms with van der Waals surface area (Å²) in [5.74, 6) is 0.145. The molecule has 0 aliphatic carbocycles. The predicted octanol–water partition coefficient (Wildman–Crippen LogP) is 5.34. The Labute approximate surface area is 132 Å². The zero-order valence-electron chi connectivity index (χ0n) is 11.8. The minimum absolute atomic E-state index is 0.145. The lowest BCUT2D eigenvalue weighted by atomic mass is 9.97. The lowest BCUT2D eigenvalue weighted by molar-refractivity contribution is 0.0993. The van der Waals surface area contributed by atoms with Crippen molar-refractivity contribution in [2.75, 3.05) is 0 Å². The van der Waals surface area contributed by atoms with Crippen molar-refractivity contribution in [2.45, 2.75) is 13.3 Å². The van der Waals surface area contributed by atoms with E-state index in [0.717, 1.165) is 26.5 Å². The fourth-order valence-corrected chi connectivity index (χ4v) is 2.87. The summed E-state index contributed by atoms with van der Waals surface area (Å²) in [5.41, 5.74) is 2.96. The van der Waals surface area contributed by atoms with E-state index in [-0.39, 0.29) is 5.78 Å². The number of Topliss-reactive ketones (excluding diaryl/α,β-unsaturated/α-hetero) is 1. The van der Waals surface area contributed by atoms with Crippen LogP contribution in [0, 0.1) is 6.92 Å². The molecule has 0 aliphatic rings. The fraction of sp³-hybridized carbons (Fsp3) is 0.105. The normalized spacial score (nSPS) is 10.8. The summed E-state index contributed by atoms with van der Waals surface area (Å²) in [6.45, 7) is 2.02. The van der Waals surface area contributed by atoms with E-state index < -0.39 is 0 Å². The maximum Gasteiger partial charge on any atom is 0.167 e. The number of fused-ring (bicyclic) bond motifs is 1. The van der Waals surface area contributed by atoms with Crippen LogP contribution in [0.4, 0.5) is 0 Å². The summed E-state index contributed by atoms with van der Waals surface area (Å²) in [7, 11) is 0. The number of ketones is 1. The lowest BCUT2D eigenvalue weighted by Gasteiger charge is -2.07. The Kier molecular flexibility index (Phi) is 3.89. The van der Waals surface area contributed by atoms with Crippen molar-refractivity contribution in [3.05, 3.63) is 81.8 Å². The fourth-order valence-electron chi connectivity index (χ4n) is 2.49. The third kappa shape index (κ3) is 2.91. The largest absolute Gasteiger partial charge is 0.294 e. The molecule has 0 radical (unpaired) electrons. The first-order valence-electron chi connectivity index (χ1n) is 6.91. The van der Waals surface area contributed by atoms with Crippen molar-refractivity contribution in [1.29, 1.82) is 0 Å². The minimum atomic E-state index is 0.145. The van der Waals surface area contributed by atoms with E-state index in [1.165, 1.54) is 5.39 Å². The van der Waals surface area contributed by atoms with Crippen LogP contribution in [0.15, 0.2) is 65.1 Å². The molecule has 1 nitrogen and oxygen atoms in total. The highest BCUT2D eigenvalue weighted by atomic mass is 79.9. The summed E-state index contributed by atoms with van der Waals surface area (Å²) >= 11 is 3.49. The summed E-state index contributed by atoms with van der Waals surface area (Å²) in [6, 6.07) is 20.1. The molecule has 0 saturated carbocycles. The number of hydrogen-bond donors (Lipinski definition) is 0. The van der Waals surface area contributed by atoms with E-state index >= 15 is 0 Å². The molecule has 3 rings (SSSR count). The van der Waals surface area contributed by atoms with Gasteiger partial charge in [0.05, 0.1) is 0 Å². The molecular formula is C19H15BrO. The molecule has 3 aromatic rings. The molecule has 0 heterocycles. The van der Waals surface area contributed by atoms with Gasteiger partial charge in [0.1, 0.15) is 0 Å². The van der Waals surface area contributed by atoms with Crippen molar-refractivity contribution >= 4 is 32.5 Å². The molecule has 0 saturated heterocycles. The highest BCUT2D eigenvalue weighted by Crippen LogP contribution is 2.22. The second-order valence-corrected chi connectivity index (χ2v) is 6.06. The Morgan fingerprint density at radius 1 is 1.00 bits per heavy atom. The monoisotopic (exact) mass is 338 g/mol. The molecule has 0 N–H and O–H groups in total. The first-order valence-corrected chi connectivity index (χ1v) is 7.70. The highest BCUT2D eigenvalue weighted by molar-refractivity contribution is 9.10. The number of carbonyl (C=O) groups excluding carboxylic acids is 1. The molecule has 3 aromatic carbocycles. The molecule has 0 amide bonds. The quantitative estimate of drug-likeness (QED) is 0.589. The van der Waals surface area contributed by atoms with E-state index in [2.05, 4.69) is 34.1 Å². The smallest absolute Gasteiger partial charge is 0.167 e. The molecule has 0 aromatic heterocycles. The topological polar surface area (TPSA) is 17.1 Å². The van der Waals surface area contributed by atoms with Gasteiger partial charge in [-0.2, -0.15) is 0 Å². The van der Waals surface area contributed by atoms with Crippen molar-refractivity contribution < 1.29 is 4.79 Å². The van der Waals surface area contributed by atoms with Crippen LogP contribution in [0.3, 0.4) is 0 Å². The zero-order valence-corrected chi connectivity index (χ0v) is 13.4. The van der Waals surface area contributed by atoms with Gasteiger partial charge in [-0.25, -0.2) is 0 Å². The molecule has 0 fully saturated rings. The average molecular weight is 339 g/mol. The van der Waals surface area contributed by atoms with Gasteiger partial charge in [0, 0.05) is 16.5 Å². The molecule has 0 aliphatic heterocycles. The predicted molar refractivity (Wildman–Crippen MR) is 90.9 cm³/mol. The Hall–Kier alpha value is -1.93. The van der Waals surface area contributed by atoms with Gasteiger partial charge in [0.25, 0.3) is 0 Å². The Morgan fingerprint density at radius 2 is 1.76 bits per heavy atom. The van der Waals surface area contributed by atoms with Gasteiger partial charge in [-0.15, -0.1) is 0 Å². The van der Waals surface area contributed by atoms with Crippen LogP contribution in [-0.2, 0) is 6.42 Å². The molecule has 0 unspecified atom stereocenters. The standard InChI is InChI=1S/C19H15BrO/c1-13-9-10-16(11-18(13)20)19(21)12-15-7-4-6-14-5-2-3-8-17(14)15/h2-11H,12H2,1H3. The van der Waals surface area contributed by atoms with Gasteiger partial charge in [-0.3, -0.25) is 4.79 Å². The van der Waals surface area contributed by atoms with E-state index in [9.17, 15) is 4.79 Å². The van der Waals surface area contributed by atoms with Crippen molar-refractivity contribution in [3.63, 3.8) is 0 Å². The van der Waals surface area contributed by atoms with E-state index in [0.29, 0.717) is 6.42 Å². The lowest BCUT2D eigenvalue weighted by Crippen LogP contribution is -2.04. The summed E-state index contributed by atoms with van der Waals surface area (Å²) in [4.78, 5) is 12.5. The minimum Gasteiger partial charge on any atom is -0.294 e. The molecular weight excluding hydrogens is 324 g/mol. The summed E-state index contributed by atoms with van der Waals surface area (Å²) in [6.07, 6.45) is 0.427. The van der Waals surface area contributed by atoms with E-state index in [4.69, 9.17) is 0 Å². The third-order valence-electron chi connectivity index (χ3n) is 3.72. The van der Waals surface area contributed by atoms with Gasteiger partial charge in [0.15, 0.2) is 5.78 Å². The third-order valence-corrected chi connectivity index (χ3v) is 4.58. The molecule has 0 atom stereocenters. The summed E-state index contributed by atoms with van der Waals surface area (Å²) < 4.78 is 0.978. The van der Waals surface area contributed by atoms with Gasteiger partial charge in [-0.1, -0.05) is 70.5 Å². The van der Waals surface area contributed by atoms with E-state index in [1.54, 1.807) is 0 Å². The zero-order chi connectivity index (χ0) is 14.8. The van der Waals surface area contributed by atoms with Crippen molar-refractivity contribution in [3.8, 4) is 0 Å². The number of aryl methyl sites for hydroxylation is 1. The Balaban J connectivity index is 1.94. The second kappa shape index (κ2) is 5.82.